The summed E-state index contributed by atoms with van der Waals surface area (Å²) in [6.45, 7) is 2.50. The molecule has 0 spiro atoms. The van der Waals surface area contributed by atoms with Gasteiger partial charge in [0, 0.05) is 12.3 Å². The van der Waals surface area contributed by atoms with Crippen molar-refractivity contribution in [1.29, 1.82) is 0 Å². The van der Waals surface area contributed by atoms with Crippen LogP contribution in [0.1, 0.15) is 17.5 Å². The molecule has 1 N–H and O–H groups in total. The number of fused-ring (bicyclic) bond motifs is 1. The van der Waals surface area contributed by atoms with Crippen molar-refractivity contribution in [3.05, 3.63) is 59.3 Å². The number of sulfonamides is 1. The number of nitrogens with zero attached hydrogens (tertiary/aromatic N) is 2. The third kappa shape index (κ3) is 5.32. The minimum atomic E-state index is -3.22. The standard InChI is InChI=1S/C22H23N3O5S2/c1-15-4-7-17(8-5-15)25-21(26)18(12-16-6-9-19-20(13-16)30-14-29-19)24-22(25)31-11-3-10-23-32(2,27)28/h4-9,12-13,23H,3,10-11,14H2,1-2H3/b18-12-. The average molecular weight is 474 g/mol. The van der Waals surface area contributed by atoms with E-state index in [0.717, 1.165) is 23.1 Å². The summed E-state index contributed by atoms with van der Waals surface area (Å²) in [4.78, 5) is 19.4. The van der Waals surface area contributed by atoms with E-state index < -0.39 is 10.0 Å². The van der Waals surface area contributed by atoms with Gasteiger partial charge in [-0.05, 0) is 49.2 Å². The third-order valence-electron chi connectivity index (χ3n) is 4.74. The van der Waals surface area contributed by atoms with Gasteiger partial charge in [-0.3, -0.25) is 9.69 Å². The van der Waals surface area contributed by atoms with E-state index in [1.807, 2.05) is 43.3 Å². The molecule has 32 heavy (non-hydrogen) atoms. The van der Waals surface area contributed by atoms with Gasteiger partial charge in [-0.25, -0.2) is 18.1 Å². The predicted molar refractivity (Wildman–Crippen MR) is 127 cm³/mol. The van der Waals surface area contributed by atoms with E-state index in [0.29, 0.717) is 41.1 Å². The molecule has 0 aliphatic carbocycles. The van der Waals surface area contributed by atoms with Crippen molar-refractivity contribution in [2.24, 2.45) is 4.99 Å². The summed E-state index contributed by atoms with van der Waals surface area (Å²) in [7, 11) is -3.22. The molecule has 0 unspecified atom stereocenters. The smallest absolute Gasteiger partial charge is 0.283 e. The highest BCUT2D eigenvalue weighted by atomic mass is 32.2. The van der Waals surface area contributed by atoms with Crippen LogP contribution in [0, 0.1) is 6.92 Å². The fourth-order valence-corrected chi connectivity index (χ4v) is 4.64. The lowest BCUT2D eigenvalue weighted by Crippen LogP contribution is -2.30. The molecule has 2 aromatic carbocycles. The largest absolute Gasteiger partial charge is 0.454 e. The summed E-state index contributed by atoms with van der Waals surface area (Å²) in [5.74, 6) is 1.70. The number of amidine groups is 1. The summed E-state index contributed by atoms with van der Waals surface area (Å²) in [5.41, 5.74) is 2.93. The number of rotatable bonds is 7. The normalized spacial score (nSPS) is 16.7. The zero-order chi connectivity index (χ0) is 22.7. The first-order chi connectivity index (χ1) is 15.3. The molecule has 0 saturated carbocycles. The number of amides is 1. The molecule has 1 amide bonds. The molecule has 0 radical (unpaired) electrons. The number of thioether (sulfide) groups is 1. The van der Waals surface area contributed by atoms with Crippen LogP contribution < -0.4 is 19.1 Å². The number of ether oxygens (including phenoxy) is 2. The summed E-state index contributed by atoms with van der Waals surface area (Å²) < 4.78 is 35.7. The van der Waals surface area contributed by atoms with Gasteiger partial charge in [0.2, 0.25) is 16.8 Å². The highest BCUT2D eigenvalue weighted by molar-refractivity contribution is 8.14. The highest BCUT2D eigenvalue weighted by Gasteiger charge is 2.32. The van der Waals surface area contributed by atoms with Crippen molar-refractivity contribution < 1.29 is 22.7 Å². The van der Waals surface area contributed by atoms with E-state index in [-0.39, 0.29) is 12.7 Å². The Morgan fingerprint density at radius 2 is 1.91 bits per heavy atom. The quantitative estimate of drug-likeness (QED) is 0.490. The van der Waals surface area contributed by atoms with E-state index in [4.69, 9.17) is 9.47 Å². The van der Waals surface area contributed by atoms with E-state index in [9.17, 15) is 13.2 Å². The lowest BCUT2D eigenvalue weighted by Gasteiger charge is -2.18. The first-order valence-electron chi connectivity index (χ1n) is 9.99. The van der Waals surface area contributed by atoms with Crippen LogP contribution in [0.2, 0.25) is 0 Å². The Balaban J connectivity index is 1.55. The van der Waals surface area contributed by atoms with Crippen LogP contribution in [0.4, 0.5) is 5.69 Å². The zero-order valence-corrected chi connectivity index (χ0v) is 19.3. The number of aryl methyl sites for hydroxylation is 1. The number of nitrogens with one attached hydrogen (secondary N) is 1. The fraction of sp³-hybridized carbons (Fsp3) is 0.273. The number of aliphatic imine (C=N–C) groups is 1. The molecule has 2 aliphatic rings. The van der Waals surface area contributed by atoms with Crippen molar-refractivity contribution in [2.75, 3.05) is 30.2 Å². The Bertz CT molecular complexity index is 1190. The third-order valence-corrected chi connectivity index (χ3v) is 6.49. The Morgan fingerprint density at radius 3 is 2.66 bits per heavy atom. The second-order valence-corrected chi connectivity index (χ2v) is 10.3. The highest BCUT2D eigenvalue weighted by Crippen LogP contribution is 2.34. The number of carbonyl (C=O) groups is 1. The molecule has 10 heteroatoms. The molecule has 2 aromatic rings. The lowest BCUT2D eigenvalue weighted by atomic mass is 10.1. The SMILES string of the molecule is Cc1ccc(N2C(=O)/C(=C/c3ccc4c(c3)OCO4)N=C2SCCCNS(C)(=O)=O)cc1. The second kappa shape index (κ2) is 9.35. The van der Waals surface area contributed by atoms with E-state index in [1.165, 1.54) is 11.8 Å². The van der Waals surface area contributed by atoms with Crippen LogP contribution in [-0.4, -0.2) is 44.8 Å². The maximum Gasteiger partial charge on any atom is 0.283 e. The molecule has 0 fully saturated rings. The molecule has 2 aliphatic heterocycles. The van der Waals surface area contributed by atoms with Crippen LogP contribution in [-0.2, 0) is 14.8 Å². The summed E-state index contributed by atoms with van der Waals surface area (Å²) in [6, 6.07) is 13.1. The first-order valence-corrected chi connectivity index (χ1v) is 12.9. The molecule has 0 saturated heterocycles. The minimum absolute atomic E-state index is 0.183. The van der Waals surface area contributed by atoms with Gasteiger partial charge in [0.15, 0.2) is 16.7 Å². The maximum absolute atomic E-state index is 13.2. The minimum Gasteiger partial charge on any atom is -0.454 e. The van der Waals surface area contributed by atoms with Gasteiger partial charge in [0.05, 0.1) is 11.9 Å². The van der Waals surface area contributed by atoms with Gasteiger partial charge in [-0.15, -0.1) is 0 Å². The molecule has 0 atom stereocenters. The number of anilines is 1. The second-order valence-electron chi connectivity index (χ2n) is 7.38. The zero-order valence-electron chi connectivity index (χ0n) is 17.7. The van der Waals surface area contributed by atoms with Crippen LogP contribution in [0.5, 0.6) is 11.5 Å². The fourth-order valence-electron chi connectivity index (χ4n) is 3.17. The molecule has 4 rings (SSSR count). The molecule has 168 valence electrons. The van der Waals surface area contributed by atoms with Crippen molar-refractivity contribution >= 4 is 44.6 Å². The summed E-state index contributed by atoms with van der Waals surface area (Å²) >= 11 is 1.41. The number of carbonyl (C=O) groups excluding carboxylic acids is 1. The molecule has 0 bridgehead atoms. The predicted octanol–water partition coefficient (Wildman–Crippen LogP) is 3.14. The van der Waals surface area contributed by atoms with Crippen molar-refractivity contribution in [3.8, 4) is 11.5 Å². The first kappa shape index (κ1) is 22.4. The van der Waals surface area contributed by atoms with E-state index in [1.54, 1.807) is 17.0 Å². The van der Waals surface area contributed by atoms with E-state index >= 15 is 0 Å². The lowest BCUT2D eigenvalue weighted by molar-refractivity contribution is -0.113. The topological polar surface area (TPSA) is 97.3 Å². The van der Waals surface area contributed by atoms with Gasteiger partial charge >= 0.3 is 0 Å². The average Bonchev–Trinajstić information content (AvgIpc) is 3.32. The monoisotopic (exact) mass is 473 g/mol. The van der Waals surface area contributed by atoms with Crippen LogP contribution >= 0.6 is 11.8 Å². The molecular formula is C22H23N3O5S2. The van der Waals surface area contributed by atoms with Gasteiger partial charge in [0.1, 0.15) is 5.70 Å². The van der Waals surface area contributed by atoms with Gasteiger partial charge in [0.25, 0.3) is 5.91 Å². The summed E-state index contributed by atoms with van der Waals surface area (Å²) in [5, 5.41) is 0.560. The number of benzene rings is 2. The Labute approximate surface area is 191 Å². The Hall–Kier alpha value is -2.82. The van der Waals surface area contributed by atoms with Gasteiger partial charge in [-0.2, -0.15) is 0 Å². The van der Waals surface area contributed by atoms with Gasteiger partial charge in [-0.1, -0.05) is 35.5 Å². The maximum atomic E-state index is 13.2. The van der Waals surface area contributed by atoms with E-state index in [2.05, 4.69) is 9.71 Å². The van der Waals surface area contributed by atoms with Gasteiger partial charge < -0.3 is 9.47 Å². The Morgan fingerprint density at radius 1 is 1.16 bits per heavy atom. The molecule has 0 aromatic heterocycles. The Kier molecular flexibility index (Phi) is 6.54. The van der Waals surface area contributed by atoms with Crippen molar-refractivity contribution in [3.63, 3.8) is 0 Å². The number of hydrogen-bond acceptors (Lipinski definition) is 7. The molecular weight excluding hydrogens is 450 g/mol. The summed E-state index contributed by atoms with van der Waals surface area (Å²) in [6.07, 6.45) is 3.46. The molecule has 8 nitrogen and oxygen atoms in total. The van der Waals surface area contributed by atoms with Crippen LogP contribution in [0.15, 0.2) is 53.2 Å². The van der Waals surface area contributed by atoms with Crippen molar-refractivity contribution in [1.82, 2.24) is 4.72 Å². The molecule has 2 heterocycles. The van der Waals surface area contributed by atoms with Crippen LogP contribution in [0.3, 0.4) is 0 Å². The van der Waals surface area contributed by atoms with Crippen LogP contribution in [0.25, 0.3) is 6.08 Å². The van der Waals surface area contributed by atoms with Crippen molar-refractivity contribution in [2.45, 2.75) is 13.3 Å². The number of hydrogen-bond donors (Lipinski definition) is 1.